The predicted molar refractivity (Wildman–Crippen MR) is 353 cm³/mol. The Balaban J connectivity index is 4.20. The van der Waals surface area contributed by atoms with Gasteiger partial charge in [0.25, 0.3) is 0 Å². The van der Waals surface area contributed by atoms with Crippen LogP contribution in [0.4, 0.5) is 0 Å². The lowest BCUT2D eigenvalue weighted by Crippen LogP contribution is -2.30. The number of carbonyl (C=O) groups is 3. The highest BCUT2D eigenvalue weighted by Crippen LogP contribution is 2.18. The maximum absolute atomic E-state index is 12.9. The first kappa shape index (κ1) is 77.9. The summed E-state index contributed by atoms with van der Waals surface area (Å²) >= 11 is 0. The quantitative estimate of drug-likeness (QED) is 0.0261. The molecule has 470 valence electrons. The highest BCUT2D eigenvalue weighted by Gasteiger charge is 2.19. The summed E-state index contributed by atoms with van der Waals surface area (Å²) in [4.78, 5) is 38.4. The molecular formula is C75H134O6. The van der Waals surface area contributed by atoms with Crippen molar-refractivity contribution in [3.8, 4) is 0 Å². The molecule has 0 aromatic rings. The molecule has 0 aliphatic heterocycles. The maximum Gasteiger partial charge on any atom is 0.306 e. The van der Waals surface area contributed by atoms with E-state index in [0.717, 1.165) is 96.3 Å². The van der Waals surface area contributed by atoms with Gasteiger partial charge in [0.15, 0.2) is 6.10 Å². The van der Waals surface area contributed by atoms with Crippen LogP contribution in [-0.4, -0.2) is 37.2 Å². The number of hydrogen-bond donors (Lipinski definition) is 0. The van der Waals surface area contributed by atoms with Crippen LogP contribution in [0.25, 0.3) is 0 Å². The predicted octanol–water partition coefficient (Wildman–Crippen LogP) is 24.4. The van der Waals surface area contributed by atoms with Crippen molar-refractivity contribution < 1.29 is 28.6 Å². The van der Waals surface area contributed by atoms with Crippen LogP contribution in [0.5, 0.6) is 0 Å². The van der Waals surface area contributed by atoms with E-state index in [-0.39, 0.29) is 31.1 Å². The van der Waals surface area contributed by atoms with Crippen LogP contribution in [0, 0.1) is 0 Å². The topological polar surface area (TPSA) is 78.9 Å². The Morgan fingerprint density at radius 2 is 0.481 bits per heavy atom. The van der Waals surface area contributed by atoms with Crippen molar-refractivity contribution in [2.75, 3.05) is 13.2 Å². The highest BCUT2D eigenvalue weighted by molar-refractivity contribution is 5.71. The van der Waals surface area contributed by atoms with Gasteiger partial charge in [0.05, 0.1) is 0 Å². The second-order valence-corrected chi connectivity index (χ2v) is 23.8. The molecule has 0 saturated carbocycles. The summed E-state index contributed by atoms with van der Waals surface area (Å²) in [5.41, 5.74) is 0. The fraction of sp³-hybridized carbons (Fsp3) is 0.800. The van der Waals surface area contributed by atoms with Crippen molar-refractivity contribution in [1.82, 2.24) is 0 Å². The van der Waals surface area contributed by atoms with Gasteiger partial charge in [0.1, 0.15) is 13.2 Å². The van der Waals surface area contributed by atoms with E-state index in [0.29, 0.717) is 19.3 Å². The Hall–Kier alpha value is -3.15. The normalized spacial score (nSPS) is 12.5. The van der Waals surface area contributed by atoms with Gasteiger partial charge in [0.2, 0.25) is 0 Å². The molecule has 0 bridgehead atoms. The minimum Gasteiger partial charge on any atom is -0.462 e. The molecule has 0 saturated heterocycles. The molecule has 0 aliphatic carbocycles. The number of ether oxygens (including phenoxy) is 3. The average molecular weight is 1130 g/mol. The van der Waals surface area contributed by atoms with Crippen LogP contribution in [0.15, 0.2) is 72.9 Å². The lowest BCUT2D eigenvalue weighted by molar-refractivity contribution is -0.167. The van der Waals surface area contributed by atoms with Crippen LogP contribution >= 0.6 is 0 Å². The zero-order valence-electron chi connectivity index (χ0n) is 54.1. The van der Waals surface area contributed by atoms with E-state index < -0.39 is 6.10 Å². The van der Waals surface area contributed by atoms with Gasteiger partial charge < -0.3 is 14.2 Å². The monoisotopic (exact) mass is 1130 g/mol. The van der Waals surface area contributed by atoms with Crippen LogP contribution in [0.2, 0.25) is 0 Å². The van der Waals surface area contributed by atoms with Gasteiger partial charge in [-0.25, -0.2) is 0 Å². The summed E-state index contributed by atoms with van der Waals surface area (Å²) in [7, 11) is 0. The van der Waals surface area contributed by atoms with E-state index in [1.54, 1.807) is 0 Å². The molecule has 0 amide bonds. The van der Waals surface area contributed by atoms with Crippen LogP contribution in [-0.2, 0) is 28.6 Å². The molecule has 0 N–H and O–H groups in total. The molecule has 0 aromatic carbocycles. The first-order valence-electron chi connectivity index (χ1n) is 35.4. The Morgan fingerprint density at radius 1 is 0.259 bits per heavy atom. The molecule has 6 heteroatoms. The van der Waals surface area contributed by atoms with E-state index in [2.05, 4.69) is 93.7 Å². The minimum absolute atomic E-state index is 0.0728. The number of unbranched alkanes of at least 4 members (excludes halogenated alkanes) is 42. The lowest BCUT2D eigenvalue weighted by atomic mass is 10.0. The number of allylic oxidation sites excluding steroid dienone is 12. The standard InChI is InChI=1S/C75H134O6/c1-4-7-10-13-16-19-22-25-27-29-31-32-33-34-35-36-37-38-39-40-41-42-44-45-47-50-53-56-59-62-65-68-74(77)80-71-72(70-79-73(76)67-64-61-58-55-52-49-24-21-18-15-12-9-6-3)81-75(78)69-66-63-60-57-54-51-48-46-43-30-28-26-23-20-17-14-11-8-5-2/h7,10,16,19,21,24-25,27,31-32,34-35,72H,4-6,8-9,11-15,17-18,20,22-23,26,28-30,33,36-71H2,1-3H3/b10-7-,19-16-,24-21-,27-25-,32-31-,35-34-. The van der Waals surface area contributed by atoms with Gasteiger partial charge in [-0.2, -0.15) is 0 Å². The number of carbonyl (C=O) groups excluding carboxylic acids is 3. The maximum atomic E-state index is 12.9. The smallest absolute Gasteiger partial charge is 0.306 e. The molecule has 0 spiro atoms. The molecule has 0 aliphatic rings. The molecule has 0 fully saturated rings. The van der Waals surface area contributed by atoms with Crippen molar-refractivity contribution in [1.29, 1.82) is 0 Å². The molecular weight excluding hydrogens is 997 g/mol. The summed E-state index contributed by atoms with van der Waals surface area (Å²) in [5.74, 6) is -0.858. The lowest BCUT2D eigenvalue weighted by Gasteiger charge is -2.18. The molecule has 0 heterocycles. The fourth-order valence-electron chi connectivity index (χ4n) is 10.4. The second-order valence-electron chi connectivity index (χ2n) is 23.8. The zero-order valence-corrected chi connectivity index (χ0v) is 54.1. The third-order valence-electron chi connectivity index (χ3n) is 15.7. The molecule has 1 atom stereocenters. The first-order chi connectivity index (χ1) is 40.0. The van der Waals surface area contributed by atoms with Crippen molar-refractivity contribution in [2.45, 2.75) is 374 Å². The van der Waals surface area contributed by atoms with E-state index in [4.69, 9.17) is 14.2 Å². The van der Waals surface area contributed by atoms with Crippen LogP contribution in [0.3, 0.4) is 0 Å². The molecule has 1 unspecified atom stereocenters. The summed E-state index contributed by atoms with van der Waals surface area (Å²) in [6, 6.07) is 0. The molecule has 81 heavy (non-hydrogen) atoms. The third kappa shape index (κ3) is 67.5. The Bertz CT molecular complexity index is 1490. The average Bonchev–Trinajstić information content (AvgIpc) is 3.46. The fourth-order valence-corrected chi connectivity index (χ4v) is 10.4. The number of rotatable bonds is 65. The van der Waals surface area contributed by atoms with Gasteiger partial charge in [-0.05, 0) is 89.9 Å². The summed E-state index contributed by atoms with van der Waals surface area (Å²) < 4.78 is 17.0. The van der Waals surface area contributed by atoms with Crippen molar-refractivity contribution in [3.05, 3.63) is 72.9 Å². The molecule has 0 aromatic heterocycles. The first-order valence-corrected chi connectivity index (χ1v) is 35.4. The van der Waals surface area contributed by atoms with Gasteiger partial charge in [0, 0.05) is 19.3 Å². The van der Waals surface area contributed by atoms with E-state index in [9.17, 15) is 14.4 Å². The highest BCUT2D eigenvalue weighted by atomic mass is 16.6. The van der Waals surface area contributed by atoms with Gasteiger partial charge in [-0.3, -0.25) is 14.4 Å². The van der Waals surface area contributed by atoms with Crippen LogP contribution in [0.1, 0.15) is 367 Å². The largest absolute Gasteiger partial charge is 0.462 e. The molecule has 0 rings (SSSR count). The van der Waals surface area contributed by atoms with Gasteiger partial charge >= 0.3 is 17.9 Å². The zero-order chi connectivity index (χ0) is 58.5. The summed E-state index contributed by atoms with van der Waals surface area (Å²) in [6.45, 7) is 6.56. The van der Waals surface area contributed by atoms with E-state index in [1.165, 1.54) is 231 Å². The summed E-state index contributed by atoms with van der Waals surface area (Å²) in [5, 5.41) is 0. The SMILES string of the molecule is CC/C=C\C/C=C\C/C=C\C/C=C\C/C=C\CCCCCCCCCCCCCCCCCC(=O)OCC(COC(=O)CCCCCCC/C=C\CCCCCC)OC(=O)CCCCCCCCCCCCCCCCCCCCC. The molecule has 6 nitrogen and oxygen atoms in total. The summed E-state index contributed by atoms with van der Waals surface area (Å²) in [6.07, 6.45) is 90.8. The molecule has 0 radical (unpaired) electrons. The van der Waals surface area contributed by atoms with E-state index >= 15 is 0 Å². The van der Waals surface area contributed by atoms with Gasteiger partial charge in [-0.15, -0.1) is 0 Å². The minimum atomic E-state index is -0.776. The van der Waals surface area contributed by atoms with Crippen molar-refractivity contribution in [3.63, 3.8) is 0 Å². The van der Waals surface area contributed by atoms with E-state index in [1.807, 2.05) is 0 Å². The number of esters is 3. The Kier molecular flexibility index (Phi) is 66.6. The Labute approximate surface area is 503 Å². The second kappa shape index (κ2) is 69.3. The number of hydrogen-bond acceptors (Lipinski definition) is 6. The third-order valence-corrected chi connectivity index (χ3v) is 15.7. The van der Waals surface area contributed by atoms with Crippen molar-refractivity contribution in [2.24, 2.45) is 0 Å². The Morgan fingerprint density at radius 3 is 0.778 bits per heavy atom. The van der Waals surface area contributed by atoms with Crippen LogP contribution < -0.4 is 0 Å². The van der Waals surface area contributed by atoms with Gasteiger partial charge in [-0.1, -0.05) is 331 Å². The van der Waals surface area contributed by atoms with Crippen molar-refractivity contribution >= 4 is 17.9 Å².